The fourth-order valence-electron chi connectivity index (χ4n) is 3.64. The number of benzene rings is 1. The van der Waals surface area contributed by atoms with Crippen LogP contribution >= 0.6 is 0 Å². The summed E-state index contributed by atoms with van der Waals surface area (Å²) in [5.41, 5.74) is 2.40. The maximum absolute atomic E-state index is 13.0. The summed E-state index contributed by atoms with van der Waals surface area (Å²) in [7, 11) is 0. The first kappa shape index (κ1) is 19.6. The molecule has 1 aliphatic heterocycles. The number of amides is 2. The van der Waals surface area contributed by atoms with Crippen LogP contribution in [0, 0.1) is 13.8 Å². The Balaban J connectivity index is 1.62. The van der Waals surface area contributed by atoms with Crippen LogP contribution in [0.2, 0.25) is 0 Å². The van der Waals surface area contributed by atoms with Gasteiger partial charge in [-0.1, -0.05) is 12.1 Å². The number of nitrogens with one attached hydrogen (secondary N) is 2. The molecule has 154 valence electrons. The van der Waals surface area contributed by atoms with Gasteiger partial charge in [0.25, 0.3) is 17.4 Å². The maximum atomic E-state index is 13.0. The molecule has 30 heavy (non-hydrogen) atoms. The molecular formula is C21H22N6O3. The molecule has 0 radical (unpaired) electrons. The van der Waals surface area contributed by atoms with Gasteiger partial charge in [0.15, 0.2) is 5.82 Å². The Morgan fingerprint density at radius 3 is 2.57 bits per heavy atom. The molecule has 0 atom stereocenters. The molecule has 0 unspecified atom stereocenters. The summed E-state index contributed by atoms with van der Waals surface area (Å²) in [5.74, 6) is -0.0402. The Morgan fingerprint density at radius 2 is 1.87 bits per heavy atom. The Morgan fingerprint density at radius 1 is 1.10 bits per heavy atom. The normalized spacial score (nSPS) is 13.5. The second kappa shape index (κ2) is 7.94. The smallest absolute Gasteiger partial charge is 0.264 e. The fourth-order valence-corrected chi connectivity index (χ4v) is 3.64. The minimum absolute atomic E-state index is 0.0641. The van der Waals surface area contributed by atoms with Crippen LogP contribution in [0.5, 0.6) is 0 Å². The lowest BCUT2D eigenvalue weighted by Gasteiger charge is -2.19. The van der Waals surface area contributed by atoms with Gasteiger partial charge < -0.3 is 10.2 Å². The van der Waals surface area contributed by atoms with Crippen LogP contribution < -0.4 is 10.9 Å². The van der Waals surface area contributed by atoms with E-state index in [1.165, 1.54) is 23.0 Å². The number of aryl methyl sites for hydroxylation is 1. The van der Waals surface area contributed by atoms with Crippen molar-refractivity contribution in [2.24, 2.45) is 0 Å². The monoisotopic (exact) mass is 406 g/mol. The molecule has 0 spiro atoms. The van der Waals surface area contributed by atoms with Gasteiger partial charge in [-0.05, 0) is 44.4 Å². The number of hydrogen-bond donors (Lipinski definition) is 2. The van der Waals surface area contributed by atoms with Crippen molar-refractivity contribution < 1.29 is 9.59 Å². The molecule has 0 saturated carbocycles. The third-order valence-corrected chi connectivity index (χ3v) is 5.26. The van der Waals surface area contributed by atoms with Gasteiger partial charge in [0.2, 0.25) is 0 Å². The van der Waals surface area contributed by atoms with Crippen molar-refractivity contribution in [2.45, 2.75) is 26.7 Å². The summed E-state index contributed by atoms with van der Waals surface area (Å²) in [6.07, 6.45) is 3.43. The Kier molecular flexibility index (Phi) is 5.18. The van der Waals surface area contributed by atoms with Gasteiger partial charge in [0.05, 0.1) is 28.7 Å². The topological polar surface area (TPSA) is 113 Å². The zero-order chi connectivity index (χ0) is 21.3. The van der Waals surface area contributed by atoms with Crippen LogP contribution in [0.25, 0.3) is 5.82 Å². The number of H-pyrrole nitrogens is 1. The summed E-state index contributed by atoms with van der Waals surface area (Å²) >= 11 is 0. The van der Waals surface area contributed by atoms with Crippen molar-refractivity contribution in [3.8, 4) is 5.82 Å². The van der Waals surface area contributed by atoms with E-state index in [1.54, 1.807) is 13.0 Å². The first-order valence-corrected chi connectivity index (χ1v) is 9.76. The summed E-state index contributed by atoms with van der Waals surface area (Å²) < 4.78 is 1.47. The molecule has 3 heterocycles. The zero-order valence-corrected chi connectivity index (χ0v) is 16.8. The molecule has 9 heteroatoms. The summed E-state index contributed by atoms with van der Waals surface area (Å²) in [6.45, 7) is 5.07. The highest BCUT2D eigenvalue weighted by molar-refractivity contribution is 6.10. The van der Waals surface area contributed by atoms with Gasteiger partial charge in [-0.2, -0.15) is 10.2 Å². The second-order valence-corrected chi connectivity index (χ2v) is 7.29. The SMILES string of the molecule is Cc1cccc(NC(=O)c2cnn(-c3ccc(=O)[nH]n3)c2C)c1C(=O)N1CCCC1. The lowest BCUT2D eigenvalue weighted by Crippen LogP contribution is -2.29. The summed E-state index contributed by atoms with van der Waals surface area (Å²) in [5, 5.41) is 13.4. The van der Waals surface area contributed by atoms with E-state index in [-0.39, 0.29) is 17.4 Å². The van der Waals surface area contributed by atoms with Crippen molar-refractivity contribution >= 4 is 17.5 Å². The molecule has 9 nitrogen and oxygen atoms in total. The molecule has 1 saturated heterocycles. The van der Waals surface area contributed by atoms with Crippen molar-refractivity contribution in [3.63, 3.8) is 0 Å². The Bertz CT molecular complexity index is 1150. The van der Waals surface area contributed by atoms with Gasteiger partial charge >= 0.3 is 0 Å². The standard InChI is InChI=1S/C21H22N6O3/c1-13-6-5-7-16(19(13)21(30)26-10-3-4-11-26)23-20(29)15-12-22-27(14(15)2)17-8-9-18(28)25-24-17/h5-9,12H,3-4,10-11H2,1-2H3,(H,23,29)(H,25,28). The Hall–Kier alpha value is -3.75. The predicted octanol–water partition coefficient (Wildman–Crippen LogP) is 2.06. The van der Waals surface area contributed by atoms with Crippen LogP contribution in [0.3, 0.4) is 0 Å². The lowest BCUT2D eigenvalue weighted by molar-refractivity contribution is 0.0793. The molecule has 3 aromatic rings. The van der Waals surface area contributed by atoms with Gasteiger partial charge in [0.1, 0.15) is 0 Å². The van der Waals surface area contributed by atoms with Gasteiger partial charge in [-0.15, -0.1) is 0 Å². The van der Waals surface area contributed by atoms with E-state index in [9.17, 15) is 14.4 Å². The third kappa shape index (κ3) is 3.61. The molecule has 1 aromatic carbocycles. The van der Waals surface area contributed by atoms with Gasteiger partial charge in [-0.25, -0.2) is 9.78 Å². The van der Waals surface area contributed by atoms with Crippen molar-refractivity contribution in [3.05, 3.63) is 69.3 Å². The number of aromatic nitrogens is 4. The number of anilines is 1. The number of carbonyl (C=O) groups is 2. The van der Waals surface area contributed by atoms with E-state index in [4.69, 9.17) is 0 Å². The number of nitrogens with zero attached hydrogens (tertiary/aromatic N) is 4. The van der Waals surface area contributed by atoms with Crippen molar-refractivity contribution in [2.75, 3.05) is 18.4 Å². The quantitative estimate of drug-likeness (QED) is 0.689. The molecule has 4 rings (SSSR count). The molecule has 2 aromatic heterocycles. The Labute approximate surface area is 172 Å². The second-order valence-electron chi connectivity index (χ2n) is 7.29. The predicted molar refractivity (Wildman–Crippen MR) is 111 cm³/mol. The van der Waals surface area contributed by atoms with Crippen LogP contribution in [-0.4, -0.2) is 49.8 Å². The van der Waals surface area contributed by atoms with E-state index in [2.05, 4.69) is 20.6 Å². The minimum Gasteiger partial charge on any atom is -0.339 e. The van der Waals surface area contributed by atoms with E-state index >= 15 is 0 Å². The summed E-state index contributed by atoms with van der Waals surface area (Å²) in [4.78, 5) is 39.0. The molecule has 1 aliphatic rings. The molecule has 2 N–H and O–H groups in total. The molecule has 0 aliphatic carbocycles. The van der Waals surface area contributed by atoms with E-state index in [0.29, 0.717) is 28.3 Å². The highest BCUT2D eigenvalue weighted by Crippen LogP contribution is 2.24. The van der Waals surface area contributed by atoms with Crippen molar-refractivity contribution in [1.29, 1.82) is 0 Å². The number of hydrogen-bond acceptors (Lipinski definition) is 5. The number of carbonyl (C=O) groups excluding carboxylic acids is 2. The molecule has 1 fully saturated rings. The molecule has 0 bridgehead atoms. The minimum atomic E-state index is -0.371. The first-order valence-electron chi connectivity index (χ1n) is 9.76. The highest BCUT2D eigenvalue weighted by Gasteiger charge is 2.25. The van der Waals surface area contributed by atoms with E-state index < -0.39 is 0 Å². The lowest BCUT2D eigenvalue weighted by atomic mass is 10.0. The number of aromatic amines is 1. The van der Waals surface area contributed by atoms with Crippen molar-refractivity contribution in [1.82, 2.24) is 24.9 Å². The van der Waals surface area contributed by atoms with Gasteiger partial charge in [0, 0.05) is 19.2 Å². The molecule has 2 amide bonds. The molecular weight excluding hydrogens is 384 g/mol. The maximum Gasteiger partial charge on any atom is 0.264 e. The first-order chi connectivity index (χ1) is 14.5. The van der Waals surface area contributed by atoms with E-state index in [1.807, 2.05) is 24.0 Å². The van der Waals surface area contributed by atoms with Crippen LogP contribution in [-0.2, 0) is 0 Å². The van der Waals surface area contributed by atoms with Crippen LogP contribution in [0.4, 0.5) is 5.69 Å². The average molecular weight is 406 g/mol. The van der Waals surface area contributed by atoms with Crippen LogP contribution in [0.15, 0.2) is 41.3 Å². The highest BCUT2D eigenvalue weighted by atomic mass is 16.2. The zero-order valence-electron chi connectivity index (χ0n) is 16.8. The van der Waals surface area contributed by atoms with E-state index in [0.717, 1.165) is 31.5 Å². The van der Waals surface area contributed by atoms with Gasteiger partial charge in [-0.3, -0.25) is 14.4 Å². The number of rotatable bonds is 4. The fraction of sp³-hybridized carbons (Fsp3) is 0.286. The number of likely N-dealkylation sites (tertiary alicyclic amines) is 1. The third-order valence-electron chi connectivity index (χ3n) is 5.26. The average Bonchev–Trinajstić information content (AvgIpc) is 3.38. The van der Waals surface area contributed by atoms with Crippen LogP contribution in [0.1, 0.15) is 44.8 Å². The summed E-state index contributed by atoms with van der Waals surface area (Å²) in [6, 6.07) is 8.27. The largest absolute Gasteiger partial charge is 0.339 e.